The van der Waals surface area contributed by atoms with Crippen molar-refractivity contribution in [3.63, 3.8) is 0 Å². The lowest BCUT2D eigenvalue weighted by Gasteiger charge is -2.35. The van der Waals surface area contributed by atoms with Crippen LogP contribution in [0, 0.1) is 0 Å². The zero-order chi connectivity index (χ0) is 11.6. The summed E-state index contributed by atoms with van der Waals surface area (Å²) in [4.78, 5) is 11.4. The highest BCUT2D eigenvalue weighted by atomic mass is 19.3. The standard InChI is InChI=1S/C8H16F2N2O2/c1-7(2,3)12(6(13)14)5-8(9,10)4-11/h4-5,11H2,1-3H3,(H,13,14). The second kappa shape index (κ2) is 4.08. The normalized spacial score (nSPS) is 12.7. The van der Waals surface area contributed by atoms with E-state index >= 15 is 0 Å². The third-order valence-electron chi connectivity index (χ3n) is 1.73. The van der Waals surface area contributed by atoms with Gasteiger partial charge < -0.3 is 10.8 Å². The van der Waals surface area contributed by atoms with Crippen molar-refractivity contribution in [3.8, 4) is 0 Å². The Morgan fingerprint density at radius 1 is 1.43 bits per heavy atom. The second-order valence-corrected chi connectivity index (χ2v) is 4.10. The molecular weight excluding hydrogens is 194 g/mol. The minimum atomic E-state index is -3.17. The van der Waals surface area contributed by atoms with Crippen LogP contribution in [0.25, 0.3) is 0 Å². The van der Waals surface area contributed by atoms with E-state index in [1.807, 2.05) is 0 Å². The van der Waals surface area contributed by atoms with Gasteiger partial charge in [-0.25, -0.2) is 13.6 Å². The smallest absolute Gasteiger partial charge is 0.407 e. The van der Waals surface area contributed by atoms with Crippen LogP contribution >= 0.6 is 0 Å². The van der Waals surface area contributed by atoms with E-state index in [2.05, 4.69) is 0 Å². The van der Waals surface area contributed by atoms with Crippen LogP contribution in [0.3, 0.4) is 0 Å². The molecule has 0 rings (SSSR count). The van der Waals surface area contributed by atoms with Gasteiger partial charge in [-0.3, -0.25) is 4.90 Å². The number of nitrogens with two attached hydrogens (primary N) is 1. The first kappa shape index (κ1) is 13.1. The van der Waals surface area contributed by atoms with Crippen molar-refractivity contribution in [1.82, 2.24) is 4.90 Å². The van der Waals surface area contributed by atoms with E-state index < -0.39 is 30.6 Å². The number of carboxylic acid groups (broad SMARTS) is 1. The lowest BCUT2D eigenvalue weighted by Crippen LogP contribution is -2.52. The fraction of sp³-hybridized carbons (Fsp3) is 0.875. The molecule has 84 valence electrons. The minimum absolute atomic E-state index is 0.680. The van der Waals surface area contributed by atoms with E-state index in [9.17, 15) is 13.6 Å². The van der Waals surface area contributed by atoms with Crippen molar-refractivity contribution in [2.75, 3.05) is 13.1 Å². The van der Waals surface area contributed by atoms with Gasteiger partial charge in [-0.15, -0.1) is 0 Å². The lowest BCUT2D eigenvalue weighted by atomic mass is 10.1. The monoisotopic (exact) mass is 210 g/mol. The number of rotatable bonds is 3. The maximum absolute atomic E-state index is 12.9. The van der Waals surface area contributed by atoms with E-state index in [4.69, 9.17) is 10.8 Å². The molecule has 0 radical (unpaired) electrons. The first-order valence-electron chi connectivity index (χ1n) is 4.18. The summed E-state index contributed by atoms with van der Waals surface area (Å²) < 4.78 is 25.7. The summed E-state index contributed by atoms with van der Waals surface area (Å²) >= 11 is 0. The Hall–Kier alpha value is -0.910. The molecule has 4 nitrogen and oxygen atoms in total. The van der Waals surface area contributed by atoms with Gasteiger partial charge in [-0.1, -0.05) is 0 Å². The Morgan fingerprint density at radius 2 is 1.86 bits per heavy atom. The molecule has 0 aliphatic heterocycles. The summed E-state index contributed by atoms with van der Waals surface area (Å²) in [6, 6.07) is 0. The van der Waals surface area contributed by atoms with Gasteiger partial charge in [-0.2, -0.15) is 0 Å². The lowest BCUT2D eigenvalue weighted by molar-refractivity contribution is -0.0383. The van der Waals surface area contributed by atoms with Crippen LogP contribution in [-0.2, 0) is 0 Å². The van der Waals surface area contributed by atoms with Gasteiger partial charge in [0.05, 0.1) is 13.1 Å². The summed E-state index contributed by atoms with van der Waals surface area (Å²) in [5, 5.41) is 8.72. The molecule has 0 heterocycles. The number of alkyl halides is 2. The third kappa shape index (κ3) is 3.87. The van der Waals surface area contributed by atoms with Crippen molar-refractivity contribution >= 4 is 6.09 Å². The molecule has 14 heavy (non-hydrogen) atoms. The van der Waals surface area contributed by atoms with Crippen LogP contribution in [-0.4, -0.2) is 40.7 Å². The van der Waals surface area contributed by atoms with E-state index in [0.717, 1.165) is 0 Å². The van der Waals surface area contributed by atoms with Gasteiger partial charge in [0.1, 0.15) is 0 Å². The van der Waals surface area contributed by atoms with Gasteiger partial charge in [0.15, 0.2) is 0 Å². The van der Waals surface area contributed by atoms with Gasteiger partial charge in [0.25, 0.3) is 5.92 Å². The molecule has 0 aromatic carbocycles. The number of hydrogen-bond acceptors (Lipinski definition) is 2. The Kier molecular flexibility index (Phi) is 3.81. The van der Waals surface area contributed by atoms with Gasteiger partial charge >= 0.3 is 6.09 Å². The highest BCUT2D eigenvalue weighted by Gasteiger charge is 2.37. The van der Waals surface area contributed by atoms with Crippen LogP contribution in [0.15, 0.2) is 0 Å². The molecule has 0 aromatic heterocycles. The highest BCUT2D eigenvalue weighted by Crippen LogP contribution is 2.20. The topological polar surface area (TPSA) is 66.6 Å². The molecule has 0 spiro atoms. The summed E-state index contributed by atoms with van der Waals surface area (Å²) in [6.07, 6.45) is -1.37. The zero-order valence-electron chi connectivity index (χ0n) is 8.55. The van der Waals surface area contributed by atoms with Crippen molar-refractivity contribution in [2.24, 2.45) is 5.73 Å². The number of hydrogen-bond donors (Lipinski definition) is 2. The van der Waals surface area contributed by atoms with Crippen LogP contribution in [0.1, 0.15) is 20.8 Å². The van der Waals surface area contributed by atoms with Gasteiger partial charge in [0.2, 0.25) is 0 Å². The Labute approximate surface area is 81.7 Å². The fourth-order valence-corrected chi connectivity index (χ4v) is 0.888. The van der Waals surface area contributed by atoms with E-state index in [-0.39, 0.29) is 0 Å². The first-order valence-corrected chi connectivity index (χ1v) is 4.18. The van der Waals surface area contributed by atoms with Crippen LogP contribution in [0.4, 0.5) is 13.6 Å². The molecule has 0 unspecified atom stereocenters. The predicted molar refractivity (Wildman–Crippen MR) is 48.5 cm³/mol. The largest absolute Gasteiger partial charge is 0.465 e. The molecular formula is C8H16F2N2O2. The maximum Gasteiger partial charge on any atom is 0.407 e. The Morgan fingerprint density at radius 3 is 2.07 bits per heavy atom. The number of amides is 1. The Bertz CT molecular complexity index is 214. The third-order valence-corrected chi connectivity index (χ3v) is 1.73. The van der Waals surface area contributed by atoms with Crippen molar-refractivity contribution in [3.05, 3.63) is 0 Å². The summed E-state index contributed by atoms with van der Waals surface area (Å²) in [6.45, 7) is 2.92. The molecule has 0 aliphatic carbocycles. The Balaban J connectivity index is 4.64. The molecule has 0 aliphatic rings. The van der Waals surface area contributed by atoms with Crippen molar-refractivity contribution in [1.29, 1.82) is 0 Å². The van der Waals surface area contributed by atoms with Gasteiger partial charge in [0, 0.05) is 5.54 Å². The average Bonchev–Trinajstić information content (AvgIpc) is 1.98. The second-order valence-electron chi connectivity index (χ2n) is 4.10. The maximum atomic E-state index is 12.9. The minimum Gasteiger partial charge on any atom is -0.465 e. The van der Waals surface area contributed by atoms with E-state index in [1.165, 1.54) is 0 Å². The SMILES string of the molecule is CC(C)(C)N(CC(F)(F)CN)C(=O)O. The summed E-state index contributed by atoms with van der Waals surface area (Å²) in [5.41, 5.74) is 3.97. The summed E-state index contributed by atoms with van der Waals surface area (Å²) in [5.74, 6) is -3.17. The molecule has 0 atom stereocenters. The highest BCUT2D eigenvalue weighted by molar-refractivity contribution is 5.66. The predicted octanol–water partition coefficient (Wildman–Crippen LogP) is 1.36. The van der Waals surface area contributed by atoms with Crippen LogP contribution in [0.5, 0.6) is 0 Å². The fourth-order valence-electron chi connectivity index (χ4n) is 0.888. The van der Waals surface area contributed by atoms with Gasteiger partial charge in [-0.05, 0) is 20.8 Å². The quantitative estimate of drug-likeness (QED) is 0.739. The molecule has 1 amide bonds. The molecule has 0 aromatic rings. The zero-order valence-corrected chi connectivity index (χ0v) is 8.55. The van der Waals surface area contributed by atoms with Crippen LogP contribution < -0.4 is 5.73 Å². The molecule has 0 fully saturated rings. The number of nitrogens with zero attached hydrogens (tertiary/aromatic N) is 1. The molecule has 6 heteroatoms. The van der Waals surface area contributed by atoms with Crippen LogP contribution in [0.2, 0.25) is 0 Å². The number of carbonyl (C=O) groups is 1. The molecule has 0 saturated carbocycles. The van der Waals surface area contributed by atoms with Crippen molar-refractivity contribution in [2.45, 2.75) is 32.2 Å². The molecule has 0 bridgehead atoms. The van der Waals surface area contributed by atoms with E-state index in [0.29, 0.717) is 4.90 Å². The molecule has 0 saturated heterocycles. The molecule has 3 N–H and O–H groups in total. The van der Waals surface area contributed by atoms with E-state index in [1.54, 1.807) is 20.8 Å². The number of halogens is 2. The average molecular weight is 210 g/mol. The first-order chi connectivity index (χ1) is 6.10. The van der Waals surface area contributed by atoms with Crippen molar-refractivity contribution < 1.29 is 18.7 Å². The summed E-state index contributed by atoms with van der Waals surface area (Å²) in [7, 11) is 0.